The van der Waals surface area contributed by atoms with Crippen LogP contribution in [-0.4, -0.2) is 41.0 Å². The molecule has 3 aromatic rings. The Hall–Kier alpha value is -3.76. The second kappa shape index (κ2) is 13.2. The van der Waals surface area contributed by atoms with Gasteiger partial charge in [-0.1, -0.05) is 42.5 Å². The molecule has 184 valence electrons. The number of nitrogens with two attached hydrogens (primary N) is 1. The molecule has 0 spiro atoms. The van der Waals surface area contributed by atoms with Gasteiger partial charge in [0, 0.05) is 17.6 Å². The van der Waals surface area contributed by atoms with Crippen molar-refractivity contribution in [2.75, 3.05) is 24.1 Å². The van der Waals surface area contributed by atoms with E-state index < -0.39 is 18.0 Å². The van der Waals surface area contributed by atoms with E-state index in [1.165, 1.54) is 11.3 Å². The number of nitrogens with one attached hydrogen (secondary N) is 2. The van der Waals surface area contributed by atoms with E-state index in [2.05, 4.69) is 15.6 Å². The minimum absolute atomic E-state index is 0.158. The number of aliphatic carboxylic acids is 1. The van der Waals surface area contributed by atoms with Gasteiger partial charge in [-0.15, -0.1) is 11.3 Å². The number of ether oxygens (including phenoxy) is 1. The predicted octanol–water partition coefficient (Wildman–Crippen LogP) is 3.19. The van der Waals surface area contributed by atoms with Gasteiger partial charge >= 0.3 is 11.9 Å². The number of rotatable bonds is 13. The van der Waals surface area contributed by atoms with Crippen molar-refractivity contribution >= 4 is 40.0 Å². The number of nitrogens with zero attached hydrogens (tertiary/aromatic N) is 1. The molecule has 1 atom stereocenters. The second-order valence-corrected chi connectivity index (χ2v) is 8.73. The van der Waals surface area contributed by atoms with Crippen molar-refractivity contribution in [2.45, 2.75) is 31.8 Å². The third-order valence-corrected chi connectivity index (χ3v) is 5.78. The Labute approximate surface area is 207 Å². The number of hydrogen-bond acceptors (Lipinski definition) is 8. The molecule has 2 aromatic carbocycles. The van der Waals surface area contributed by atoms with Gasteiger partial charge in [0.15, 0.2) is 5.13 Å². The summed E-state index contributed by atoms with van der Waals surface area (Å²) in [6.45, 7) is 1.05. The largest absolute Gasteiger partial charge is 0.481 e. The Balaban J connectivity index is 1.44. The van der Waals surface area contributed by atoms with Crippen molar-refractivity contribution in [3.05, 3.63) is 76.8 Å². The Morgan fingerprint density at radius 3 is 2.46 bits per heavy atom. The predicted molar refractivity (Wildman–Crippen MR) is 134 cm³/mol. The highest BCUT2D eigenvalue weighted by atomic mass is 32.1. The fraction of sp³-hybridized carbons (Fsp3) is 0.280. The van der Waals surface area contributed by atoms with Crippen LogP contribution in [0.4, 0.5) is 10.8 Å². The van der Waals surface area contributed by atoms with Gasteiger partial charge in [-0.2, -0.15) is 0 Å². The number of anilines is 2. The van der Waals surface area contributed by atoms with Crippen molar-refractivity contribution < 1.29 is 24.2 Å². The number of carboxylic acid groups (broad SMARTS) is 1. The van der Waals surface area contributed by atoms with Gasteiger partial charge in [-0.3, -0.25) is 14.4 Å². The molecule has 10 heteroatoms. The molecule has 1 unspecified atom stereocenters. The number of benzene rings is 2. The molecule has 0 bridgehead atoms. The lowest BCUT2D eigenvalue weighted by Gasteiger charge is -2.19. The van der Waals surface area contributed by atoms with Crippen molar-refractivity contribution in [3.8, 4) is 0 Å². The first kappa shape index (κ1) is 25.9. The van der Waals surface area contributed by atoms with Crippen molar-refractivity contribution in [1.82, 2.24) is 10.3 Å². The first-order valence-electron chi connectivity index (χ1n) is 11.1. The van der Waals surface area contributed by atoms with Crippen LogP contribution in [0.15, 0.2) is 60.0 Å². The van der Waals surface area contributed by atoms with Gasteiger partial charge in [-0.05, 0) is 36.2 Å². The summed E-state index contributed by atoms with van der Waals surface area (Å²) in [5.41, 5.74) is 8.86. The van der Waals surface area contributed by atoms with Crippen LogP contribution in [0.3, 0.4) is 0 Å². The Morgan fingerprint density at radius 2 is 1.80 bits per heavy atom. The number of thiazole rings is 1. The standard InChI is InChI=1S/C25H28N4O5S/c26-25-29-20(16-35-25)14-22(30)28-19-8-6-17(7-9-19)12-13-27-15-21(18-4-2-1-3-5-18)34-24(33)11-10-23(31)32/h1-9,16,21,27H,10-15H2,(H2,26,29)(H,28,30)(H,31,32). The molecule has 1 aromatic heterocycles. The summed E-state index contributed by atoms with van der Waals surface area (Å²) in [5, 5.41) is 17.1. The molecule has 0 aliphatic carbocycles. The first-order valence-corrected chi connectivity index (χ1v) is 12.0. The SMILES string of the molecule is Nc1nc(CC(=O)Nc2ccc(CCNCC(OC(=O)CCC(=O)O)c3ccccc3)cc2)cs1. The lowest BCUT2D eigenvalue weighted by molar-refractivity contribution is -0.152. The molecule has 0 saturated carbocycles. The molecule has 0 aliphatic heterocycles. The molecular formula is C25H28N4O5S. The van der Waals surface area contributed by atoms with E-state index in [4.69, 9.17) is 15.6 Å². The third kappa shape index (κ3) is 9.19. The zero-order chi connectivity index (χ0) is 25.0. The second-order valence-electron chi connectivity index (χ2n) is 7.84. The zero-order valence-corrected chi connectivity index (χ0v) is 19.9. The summed E-state index contributed by atoms with van der Waals surface area (Å²) in [5.74, 6) is -1.74. The highest BCUT2D eigenvalue weighted by Crippen LogP contribution is 2.18. The minimum Gasteiger partial charge on any atom is -0.481 e. The molecule has 1 amide bonds. The smallest absolute Gasteiger partial charge is 0.307 e. The van der Waals surface area contributed by atoms with Crippen LogP contribution in [0.25, 0.3) is 0 Å². The summed E-state index contributed by atoms with van der Waals surface area (Å²) in [6, 6.07) is 16.9. The molecule has 5 N–H and O–H groups in total. The average molecular weight is 497 g/mol. The number of carbonyl (C=O) groups is 3. The lowest BCUT2D eigenvalue weighted by atomic mass is 10.1. The first-order chi connectivity index (χ1) is 16.9. The number of carboxylic acids is 1. The quantitative estimate of drug-likeness (QED) is 0.209. The van der Waals surface area contributed by atoms with E-state index >= 15 is 0 Å². The molecule has 35 heavy (non-hydrogen) atoms. The summed E-state index contributed by atoms with van der Waals surface area (Å²) in [4.78, 5) is 39.0. The Bertz CT molecular complexity index is 1120. The van der Waals surface area contributed by atoms with Crippen molar-refractivity contribution in [2.24, 2.45) is 0 Å². The molecule has 0 radical (unpaired) electrons. The van der Waals surface area contributed by atoms with Crippen LogP contribution in [0.5, 0.6) is 0 Å². The monoisotopic (exact) mass is 496 g/mol. The molecule has 9 nitrogen and oxygen atoms in total. The van der Waals surface area contributed by atoms with Crippen molar-refractivity contribution in [1.29, 1.82) is 0 Å². The lowest BCUT2D eigenvalue weighted by Crippen LogP contribution is -2.27. The number of hydrogen-bond donors (Lipinski definition) is 4. The highest BCUT2D eigenvalue weighted by molar-refractivity contribution is 7.13. The van der Waals surface area contributed by atoms with Crippen LogP contribution in [-0.2, 0) is 32.0 Å². The summed E-state index contributed by atoms with van der Waals surface area (Å²) < 4.78 is 5.52. The zero-order valence-electron chi connectivity index (χ0n) is 19.1. The summed E-state index contributed by atoms with van der Waals surface area (Å²) >= 11 is 1.31. The average Bonchev–Trinajstić information content (AvgIpc) is 3.25. The maximum absolute atomic E-state index is 12.2. The van der Waals surface area contributed by atoms with Gasteiger partial charge in [0.1, 0.15) is 6.10 Å². The minimum atomic E-state index is -1.04. The molecular weight excluding hydrogens is 468 g/mol. The van der Waals surface area contributed by atoms with Crippen LogP contribution in [0, 0.1) is 0 Å². The van der Waals surface area contributed by atoms with Crippen LogP contribution >= 0.6 is 11.3 Å². The van der Waals surface area contributed by atoms with Gasteiger partial charge in [0.25, 0.3) is 0 Å². The van der Waals surface area contributed by atoms with Crippen molar-refractivity contribution in [3.63, 3.8) is 0 Å². The third-order valence-electron chi connectivity index (χ3n) is 5.06. The van der Waals surface area contributed by atoms with Crippen LogP contribution < -0.4 is 16.4 Å². The van der Waals surface area contributed by atoms with Gasteiger partial charge < -0.3 is 26.2 Å². The molecule has 1 heterocycles. The Morgan fingerprint density at radius 1 is 1.06 bits per heavy atom. The summed E-state index contributed by atoms with van der Waals surface area (Å²) in [6.07, 6.45) is -0.0321. The number of amides is 1. The Kier molecular flexibility index (Phi) is 9.76. The number of aromatic nitrogens is 1. The molecule has 0 fully saturated rings. The van der Waals surface area contributed by atoms with Crippen LogP contribution in [0.1, 0.15) is 35.8 Å². The number of carbonyl (C=O) groups excluding carboxylic acids is 2. The fourth-order valence-electron chi connectivity index (χ4n) is 3.32. The van der Waals surface area contributed by atoms with E-state index in [1.807, 2.05) is 54.6 Å². The van der Waals surface area contributed by atoms with E-state index in [1.54, 1.807) is 5.38 Å². The number of esters is 1. The van der Waals surface area contributed by atoms with E-state index in [0.29, 0.717) is 29.6 Å². The van der Waals surface area contributed by atoms with Crippen LogP contribution in [0.2, 0.25) is 0 Å². The van der Waals surface area contributed by atoms with Gasteiger partial charge in [0.05, 0.1) is 25.0 Å². The van der Waals surface area contributed by atoms with Gasteiger partial charge in [-0.25, -0.2) is 4.98 Å². The van der Waals surface area contributed by atoms with Gasteiger partial charge in [0.2, 0.25) is 5.91 Å². The normalized spacial score (nSPS) is 11.5. The topological polar surface area (TPSA) is 144 Å². The maximum atomic E-state index is 12.2. The molecule has 0 saturated heterocycles. The summed E-state index contributed by atoms with van der Waals surface area (Å²) in [7, 11) is 0. The van der Waals surface area contributed by atoms with E-state index in [0.717, 1.165) is 17.5 Å². The maximum Gasteiger partial charge on any atom is 0.307 e. The molecule has 0 aliphatic rings. The molecule has 3 rings (SSSR count). The van der Waals surface area contributed by atoms with E-state index in [9.17, 15) is 14.4 Å². The fourth-order valence-corrected chi connectivity index (χ4v) is 3.88. The van der Waals surface area contributed by atoms with E-state index in [-0.39, 0.29) is 25.2 Å². The highest BCUT2D eigenvalue weighted by Gasteiger charge is 2.17. The number of nitrogen functional groups attached to an aromatic ring is 1.